The summed E-state index contributed by atoms with van der Waals surface area (Å²) < 4.78 is 0. The lowest BCUT2D eigenvalue weighted by Crippen LogP contribution is -2.18. The molecule has 0 aromatic carbocycles. The Balaban J connectivity index is 2.14. The van der Waals surface area contributed by atoms with Crippen LogP contribution in [0.5, 0.6) is 0 Å². The van der Waals surface area contributed by atoms with Crippen LogP contribution >= 0.6 is 11.8 Å². The number of pyridine rings is 1. The number of aromatic nitrogens is 1. The number of rotatable bonds is 0. The average Bonchev–Trinajstić information content (AvgIpc) is 2.68. The summed E-state index contributed by atoms with van der Waals surface area (Å²) in [6.45, 7) is 0. The minimum Gasteiger partial charge on any atom is -0.282 e. The number of imide groups is 1. The Morgan fingerprint density at radius 1 is 1.29 bits per heavy atom. The third-order valence-electron chi connectivity index (χ3n) is 2.99. The molecular formula is C12H10N2O2S. The van der Waals surface area contributed by atoms with Crippen molar-refractivity contribution in [3.63, 3.8) is 0 Å². The van der Waals surface area contributed by atoms with Gasteiger partial charge in [-0.1, -0.05) is 0 Å². The number of carbonyl (C=O) groups excluding carboxylic acids is 2. The van der Waals surface area contributed by atoms with Crippen molar-refractivity contribution in [2.75, 3.05) is 0 Å². The summed E-state index contributed by atoms with van der Waals surface area (Å²) in [6.07, 6.45) is 6.40. The number of aryl methyl sites for hydroxylation is 1. The Bertz CT molecular complexity index is 551. The van der Waals surface area contributed by atoms with E-state index in [0.717, 1.165) is 47.7 Å². The molecule has 0 radical (unpaired) electrons. The zero-order valence-corrected chi connectivity index (χ0v) is 9.84. The summed E-state index contributed by atoms with van der Waals surface area (Å²) in [7, 11) is 0. The van der Waals surface area contributed by atoms with Crippen molar-refractivity contribution >= 4 is 28.5 Å². The Hall–Kier alpha value is -1.62. The van der Waals surface area contributed by atoms with Gasteiger partial charge in [0.05, 0.1) is 4.91 Å². The summed E-state index contributed by atoms with van der Waals surface area (Å²) >= 11 is 1.00. The first kappa shape index (κ1) is 10.5. The monoisotopic (exact) mass is 246 g/mol. The van der Waals surface area contributed by atoms with E-state index >= 15 is 0 Å². The third-order valence-corrected chi connectivity index (χ3v) is 3.92. The fourth-order valence-electron chi connectivity index (χ4n) is 2.26. The zero-order chi connectivity index (χ0) is 11.8. The highest BCUT2D eigenvalue weighted by atomic mass is 32.2. The van der Waals surface area contributed by atoms with E-state index < -0.39 is 0 Å². The Morgan fingerprint density at radius 3 is 2.94 bits per heavy atom. The van der Waals surface area contributed by atoms with Crippen LogP contribution in [0, 0.1) is 0 Å². The van der Waals surface area contributed by atoms with Crippen LogP contribution in [0.25, 0.3) is 5.57 Å². The van der Waals surface area contributed by atoms with Crippen molar-refractivity contribution in [3.8, 4) is 0 Å². The maximum Gasteiger partial charge on any atom is 0.290 e. The number of nitrogens with zero attached hydrogens (tertiary/aromatic N) is 1. The van der Waals surface area contributed by atoms with Crippen LogP contribution in [0.2, 0.25) is 0 Å². The van der Waals surface area contributed by atoms with E-state index in [4.69, 9.17) is 0 Å². The number of thioether (sulfide) groups is 1. The normalized spacial score (nSPS) is 23.5. The molecule has 1 aromatic rings. The summed E-state index contributed by atoms with van der Waals surface area (Å²) in [5.41, 5.74) is 3.22. The van der Waals surface area contributed by atoms with Crippen LogP contribution in [-0.2, 0) is 11.2 Å². The predicted molar refractivity (Wildman–Crippen MR) is 65.2 cm³/mol. The van der Waals surface area contributed by atoms with Gasteiger partial charge in [-0.25, -0.2) is 0 Å². The first-order valence-electron chi connectivity index (χ1n) is 5.45. The molecule has 17 heavy (non-hydrogen) atoms. The molecule has 2 heterocycles. The lowest BCUT2D eigenvalue weighted by atomic mass is 9.88. The Labute approximate surface area is 103 Å². The van der Waals surface area contributed by atoms with Crippen LogP contribution in [0.4, 0.5) is 4.79 Å². The van der Waals surface area contributed by atoms with Crippen molar-refractivity contribution in [2.45, 2.75) is 19.3 Å². The summed E-state index contributed by atoms with van der Waals surface area (Å²) in [5, 5.41) is 2.03. The highest BCUT2D eigenvalue weighted by molar-refractivity contribution is 8.18. The molecule has 1 saturated heterocycles. The zero-order valence-electron chi connectivity index (χ0n) is 9.03. The molecule has 0 bridgehead atoms. The van der Waals surface area contributed by atoms with Gasteiger partial charge in [0.15, 0.2) is 0 Å². The van der Waals surface area contributed by atoms with Gasteiger partial charge in [0.2, 0.25) is 0 Å². The molecule has 0 atom stereocenters. The molecule has 86 valence electrons. The SMILES string of the molecule is O=C1NC(=O)/C(=C2\CCCc3cnccc32)S1. The van der Waals surface area contributed by atoms with Gasteiger partial charge in [-0.3, -0.25) is 19.9 Å². The number of fused-ring (bicyclic) bond motifs is 1. The smallest absolute Gasteiger partial charge is 0.282 e. The molecular weight excluding hydrogens is 236 g/mol. The fourth-order valence-corrected chi connectivity index (χ4v) is 3.07. The maximum absolute atomic E-state index is 11.7. The number of allylic oxidation sites excluding steroid dienone is 1. The molecule has 1 aromatic heterocycles. The minimum atomic E-state index is -0.279. The molecule has 1 N–H and O–H groups in total. The average molecular weight is 246 g/mol. The molecule has 0 unspecified atom stereocenters. The highest BCUT2D eigenvalue weighted by Crippen LogP contribution is 2.38. The second kappa shape index (κ2) is 4.00. The van der Waals surface area contributed by atoms with E-state index in [1.807, 2.05) is 12.3 Å². The van der Waals surface area contributed by atoms with Gasteiger partial charge in [-0.05, 0) is 53.8 Å². The van der Waals surface area contributed by atoms with Gasteiger partial charge in [-0.15, -0.1) is 0 Å². The highest BCUT2D eigenvalue weighted by Gasteiger charge is 2.30. The number of hydrogen-bond acceptors (Lipinski definition) is 4. The second-order valence-corrected chi connectivity index (χ2v) is 5.02. The molecule has 0 saturated carbocycles. The number of amides is 2. The second-order valence-electron chi connectivity index (χ2n) is 4.04. The van der Waals surface area contributed by atoms with Crippen molar-refractivity contribution in [2.24, 2.45) is 0 Å². The molecule has 4 nitrogen and oxygen atoms in total. The van der Waals surface area contributed by atoms with E-state index in [0.29, 0.717) is 4.91 Å². The van der Waals surface area contributed by atoms with Crippen LogP contribution in [0.1, 0.15) is 24.0 Å². The largest absolute Gasteiger partial charge is 0.290 e. The van der Waals surface area contributed by atoms with E-state index in [-0.39, 0.29) is 11.1 Å². The summed E-state index contributed by atoms with van der Waals surface area (Å²) in [4.78, 5) is 27.5. The maximum atomic E-state index is 11.7. The molecule has 1 fully saturated rings. The molecule has 5 heteroatoms. The Kier molecular flexibility index (Phi) is 2.48. The predicted octanol–water partition coefficient (Wildman–Crippen LogP) is 2.11. The number of carbonyl (C=O) groups is 2. The number of nitrogens with one attached hydrogen (secondary N) is 1. The van der Waals surface area contributed by atoms with Gasteiger partial charge in [0.1, 0.15) is 0 Å². The fraction of sp³-hybridized carbons (Fsp3) is 0.250. The first-order valence-corrected chi connectivity index (χ1v) is 6.27. The molecule has 1 aliphatic heterocycles. The molecule has 0 spiro atoms. The summed E-state index contributed by atoms with van der Waals surface area (Å²) in [6, 6.07) is 1.92. The van der Waals surface area contributed by atoms with Crippen LogP contribution in [-0.4, -0.2) is 16.1 Å². The molecule has 2 aliphatic rings. The van der Waals surface area contributed by atoms with E-state index in [2.05, 4.69) is 10.3 Å². The van der Waals surface area contributed by atoms with Gasteiger partial charge < -0.3 is 0 Å². The lowest BCUT2D eigenvalue weighted by molar-refractivity contribution is -0.115. The van der Waals surface area contributed by atoms with Gasteiger partial charge in [-0.2, -0.15) is 0 Å². The summed E-state index contributed by atoms with van der Waals surface area (Å²) in [5.74, 6) is -0.264. The van der Waals surface area contributed by atoms with E-state index in [1.54, 1.807) is 6.20 Å². The van der Waals surface area contributed by atoms with Gasteiger partial charge >= 0.3 is 0 Å². The van der Waals surface area contributed by atoms with Crippen LogP contribution < -0.4 is 5.32 Å². The first-order chi connectivity index (χ1) is 8.25. The number of hydrogen-bond donors (Lipinski definition) is 1. The lowest BCUT2D eigenvalue weighted by Gasteiger charge is -2.19. The molecule has 3 rings (SSSR count). The quantitative estimate of drug-likeness (QED) is 0.712. The Morgan fingerprint density at radius 2 is 2.18 bits per heavy atom. The van der Waals surface area contributed by atoms with Crippen LogP contribution in [0.15, 0.2) is 23.4 Å². The van der Waals surface area contributed by atoms with E-state index in [9.17, 15) is 9.59 Å². The van der Waals surface area contributed by atoms with Crippen molar-refractivity contribution in [1.29, 1.82) is 0 Å². The standard InChI is InChI=1S/C12H10N2O2S/c15-11-10(17-12(16)14-11)9-3-1-2-7-6-13-5-4-8(7)9/h4-6H,1-3H2,(H,14,15,16)/b10-9-. The van der Waals surface area contributed by atoms with Crippen molar-refractivity contribution < 1.29 is 9.59 Å². The van der Waals surface area contributed by atoms with Crippen molar-refractivity contribution in [1.82, 2.24) is 10.3 Å². The van der Waals surface area contributed by atoms with Gasteiger partial charge in [0.25, 0.3) is 11.1 Å². The molecule has 1 aliphatic carbocycles. The van der Waals surface area contributed by atoms with Gasteiger partial charge in [0, 0.05) is 12.4 Å². The van der Waals surface area contributed by atoms with Crippen molar-refractivity contribution in [3.05, 3.63) is 34.5 Å². The molecule has 2 amide bonds. The van der Waals surface area contributed by atoms with E-state index in [1.165, 1.54) is 0 Å². The van der Waals surface area contributed by atoms with Crippen LogP contribution in [0.3, 0.4) is 0 Å². The third kappa shape index (κ3) is 1.76. The minimum absolute atomic E-state index is 0.264. The topological polar surface area (TPSA) is 59.1 Å².